The van der Waals surface area contributed by atoms with E-state index in [0.717, 1.165) is 17.3 Å². The monoisotopic (exact) mass is 313 g/mol. The first-order valence-electron chi connectivity index (χ1n) is 7.41. The van der Waals surface area contributed by atoms with E-state index in [1.54, 1.807) is 10.9 Å². The molecule has 23 heavy (non-hydrogen) atoms. The van der Waals surface area contributed by atoms with Crippen molar-refractivity contribution >= 4 is 0 Å². The van der Waals surface area contributed by atoms with E-state index in [2.05, 4.69) is 10.4 Å². The fourth-order valence-corrected chi connectivity index (χ4v) is 2.41. The minimum absolute atomic E-state index is 0.226. The van der Waals surface area contributed by atoms with E-state index in [9.17, 15) is 8.78 Å². The number of nitrogens with one attached hydrogen (secondary N) is 1. The highest BCUT2D eigenvalue weighted by atomic mass is 19.1. The van der Waals surface area contributed by atoms with E-state index in [0.29, 0.717) is 12.1 Å². The molecule has 3 nitrogen and oxygen atoms in total. The van der Waals surface area contributed by atoms with Gasteiger partial charge in [0.05, 0.1) is 11.9 Å². The van der Waals surface area contributed by atoms with Crippen molar-refractivity contribution in [3.63, 3.8) is 0 Å². The Bertz CT molecular complexity index is 784. The molecular weight excluding hydrogens is 296 g/mol. The number of hydrogen-bond donors (Lipinski definition) is 1. The molecule has 118 valence electrons. The van der Waals surface area contributed by atoms with Crippen LogP contribution in [0.5, 0.6) is 0 Å². The summed E-state index contributed by atoms with van der Waals surface area (Å²) in [5, 5.41) is 7.54. The molecule has 1 heterocycles. The molecule has 0 saturated carbocycles. The summed E-state index contributed by atoms with van der Waals surface area (Å²) >= 11 is 0. The smallest absolute Gasteiger partial charge is 0.130 e. The number of benzene rings is 2. The van der Waals surface area contributed by atoms with Gasteiger partial charge in [-0.1, -0.05) is 24.3 Å². The lowest BCUT2D eigenvalue weighted by atomic mass is 10.1. The van der Waals surface area contributed by atoms with Crippen molar-refractivity contribution in [3.05, 3.63) is 83.7 Å². The van der Waals surface area contributed by atoms with Crippen LogP contribution in [0.2, 0.25) is 0 Å². The van der Waals surface area contributed by atoms with Crippen LogP contribution in [-0.4, -0.2) is 9.78 Å². The third-order valence-corrected chi connectivity index (χ3v) is 3.70. The lowest BCUT2D eigenvalue weighted by Crippen LogP contribution is -2.19. The van der Waals surface area contributed by atoms with Gasteiger partial charge in [-0.3, -0.25) is 0 Å². The topological polar surface area (TPSA) is 29.9 Å². The summed E-state index contributed by atoms with van der Waals surface area (Å²) in [7, 11) is 0. The summed E-state index contributed by atoms with van der Waals surface area (Å²) in [6.07, 6.45) is 3.70. The van der Waals surface area contributed by atoms with Gasteiger partial charge in [0.15, 0.2) is 0 Å². The van der Waals surface area contributed by atoms with Gasteiger partial charge in [0.25, 0.3) is 0 Å². The van der Waals surface area contributed by atoms with Gasteiger partial charge in [0, 0.05) is 36.0 Å². The molecule has 0 aliphatic rings. The largest absolute Gasteiger partial charge is 0.306 e. The van der Waals surface area contributed by atoms with Crippen LogP contribution in [0, 0.1) is 11.6 Å². The molecule has 0 fully saturated rings. The van der Waals surface area contributed by atoms with Crippen LogP contribution in [0.15, 0.2) is 60.9 Å². The van der Waals surface area contributed by atoms with Crippen LogP contribution in [-0.2, 0) is 6.54 Å². The standard InChI is InChI=1S/C18H17F2N3/c1-13(17-8-7-15(19)9-18(17)20)21-10-14-11-22-23(12-14)16-5-3-2-4-6-16/h2-9,11-13,21H,10H2,1H3. The molecule has 0 amide bonds. The first-order chi connectivity index (χ1) is 11.1. The van der Waals surface area contributed by atoms with E-state index < -0.39 is 11.6 Å². The molecule has 0 saturated heterocycles. The summed E-state index contributed by atoms with van der Waals surface area (Å²) in [4.78, 5) is 0. The SMILES string of the molecule is CC(NCc1cnn(-c2ccccc2)c1)c1ccc(F)cc1F. The normalized spacial score (nSPS) is 12.3. The van der Waals surface area contributed by atoms with Crippen LogP contribution in [0.1, 0.15) is 24.1 Å². The Balaban J connectivity index is 1.65. The predicted octanol–water partition coefficient (Wildman–Crippen LogP) is 4.00. The Labute approximate surface area is 133 Å². The quantitative estimate of drug-likeness (QED) is 0.771. The van der Waals surface area contributed by atoms with Crippen molar-refractivity contribution in [2.75, 3.05) is 0 Å². The van der Waals surface area contributed by atoms with Crippen molar-refractivity contribution in [2.45, 2.75) is 19.5 Å². The van der Waals surface area contributed by atoms with E-state index in [-0.39, 0.29) is 6.04 Å². The molecule has 5 heteroatoms. The third-order valence-electron chi connectivity index (χ3n) is 3.70. The summed E-state index contributed by atoms with van der Waals surface area (Å²) in [6, 6.07) is 13.2. The lowest BCUT2D eigenvalue weighted by Gasteiger charge is -2.14. The van der Waals surface area contributed by atoms with E-state index >= 15 is 0 Å². The van der Waals surface area contributed by atoms with Crippen LogP contribution >= 0.6 is 0 Å². The summed E-state index contributed by atoms with van der Waals surface area (Å²) < 4.78 is 28.5. The molecule has 0 spiro atoms. The first kappa shape index (κ1) is 15.4. The molecule has 2 aromatic carbocycles. The van der Waals surface area contributed by atoms with Gasteiger partial charge in [0.1, 0.15) is 11.6 Å². The number of aromatic nitrogens is 2. The second kappa shape index (κ2) is 6.71. The van der Waals surface area contributed by atoms with Crippen molar-refractivity contribution in [3.8, 4) is 5.69 Å². The molecule has 1 aromatic heterocycles. The Morgan fingerprint density at radius 2 is 1.91 bits per heavy atom. The van der Waals surface area contributed by atoms with Gasteiger partial charge in [-0.15, -0.1) is 0 Å². The second-order valence-electron chi connectivity index (χ2n) is 5.40. The maximum absolute atomic E-state index is 13.8. The van der Waals surface area contributed by atoms with Crippen molar-refractivity contribution < 1.29 is 8.78 Å². The van der Waals surface area contributed by atoms with Gasteiger partial charge in [-0.25, -0.2) is 13.5 Å². The predicted molar refractivity (Wildman–Crippen MR) is 85.2 cm³/mol. The Kier molecular flexibility index (Phi) is 4.48. The molecule has 0 aliphatic carbocycles. The summed E-state index contributed by atoms with van der Waals surface area (Å²) in [5.41, 5.74) is 2.42. The van der Waals surface area contributed by atoms with Crippen molar-refractivity contribution in [2.24, 2.45) is 0 Å². The highest BCUT2D eigenvalue weighted by molar-refractivity contribution is 5.31. The number of halogens is 2. The second-order valence-corrected chi connectivity index (χ2v) is 5.40. The zero-order chi connectivity index (χ0) is 16.2. The Hall–Kier alpha value is -2.53. The van der Waals surface area contributed by atoms with Crippen LogP contribution in [0.3, 0.4) is 0 Å². The van der Waals surface area contributed by atoms with Crippen LogP contribution in [0.25, 0.3) is 5.69 Å². The van der Waals surface area contributed by atoms with E-state index in [4.69, 9.17) is 0 Å². The molecular formula is C18H17F2N3. The van der Waals surface area contributed by atoms with Gasteiger partial charge in [-0.05, 0) is 25.1 Å². The minimum Gasteiger partial charge on any atom is -0.306 e. The number of nitrogens with zero attached hydrogens (tertiary/aromatic N) is 2. The Morgan fingerprint density at radius 3 is 2.65 bits per heavy atom. The van der Waals surface area contributed by atoms with Gasteiger partial charge in [0.2, 0.25) is 0 Å². The molecule has 0 aliphatic heterocycles. The van der Waals surface area contributed by atoms with Crippen molar-refractivity contribution in [1.82, 2.24) is 15.1 Å². The van der Waals surface area contributed by atoms with E-state index in [1.165, 1.54) is 12.1 Å². The number of rotatable bonds is 5. The zero-order valence-corrected chi connectivity index (χ0v) is 12.7. The fourth-order valence-electron chi connectivity index (χ4n) is 2.41. The molecule has 1 atom stereocenters. The summed E-state index contributed by atoms with van der Waals surface area (Å²) in [6.45, 7) is 2.39. The van der Waals surface area contributed by atoms with Gasteiger partial charge in [-0.2, -0.15) is 5.10 Å². The lowest BCUT2D eigenvalue weighted by molar-refractivity contribution is 0.518. The molecule has 3 aromatic rings. The number of hydrogen-bond acceptors (Lipinski definition) is 2. The Morgan fingerprint density at radius 1 is 1.13 bits per heavy atom. The van der Waals surface area contributed by atoms with Crippen LogP contribution < -0.4 is 5.32 Å². The molecule has 1 unspecified atom stereocenters. The summed E-state index contributed by atoms with van der Waals surface area (Å²) in [5.74, 6) is -1.10. The van der Waals surface area contributed by atoms with Crippen LogP contribution in [0.4, 0.5) is 8.78 Å². The molecule has 0 radical (unpaired) electrons. The third kappa shape index (κ3) is 3.63. The van der Waals surface area contributed by atoms with Gasteiger partial charge < -0.3 is 5.32 Å². The van der Waals surface area contributed by atoms with E-state index in [1.807, 2.05) is 43.5 Å². The maximum Gasteiger partial charge on any atom is 0.130 e. The first-order valence-corrected chi connectivity index (χ1v) is 7.41. The highest BCUT2D eigenvalue weighted by Gasteiger charge is 2.11. The zero-order valence-electron chi connectivity index (χ0n) is 12.7. The van der Waals surface area contributed by atoms with Gasteiger partial charge >= 0.3 is 0 Å². The minimum atomic E-state index is -0.567. The molecule has 1 N–H and O–H groups in total. The number of para-hydroxylation sites is 1. The molecule has 3 rings (SSSR count). The van der Waals surface area contributed by atoms with Crippen molar-refractivity contribution in [1.29, 1.82) is 0 Å². The fraction of sp³-hybridized carbons (Fsp3) is 0.167. The maximum atomic E-state index is 13.8. The average molecular weight is 313 g/mol. The highest BCUT2D eigenvalue weighted by Crippen LogP contribution is 2.18. The average Bonchev–Trinajstić information content (AvgIpc) is 3.02. The molecule has 0 bridgehead atoms.